The molecule has 3 rings (SSSR count). The molecule has 22 heavy (non-hydrogen) atoms. The Bertz CT molecular complexity index is 434. The second-order valence-corrected chi connectivity index (χ2v) is 7.42. The van der Waals surface area contributed by atoms with Gasteiger partial charge in [0, 0.05) is 18.9 Å². The van der Waals surface area contributed by atoms with E-state index in [1.807, 2.05) is 18.5 Å². The summed E-state index contributed by atoms with van der Waals surface area (Å²) < 4.78 is 0. The zero-order chi connectivity index (χ0) is 15.3. The minimum Gasteiger partial charge on any atom is -0.389 e. The van der Waals surface area contributed by atoms with Gasteiger partial charge in [-0.05, 0) is 68.5 Å². The van der Waals surface area contributed by atoms with Crippen molar-refractivity contribution < 1.29 is 5.11 Å². The lowest BCUT2D eigenvalue weighted by Crippen LogP contribution is -2.43. The average Bonchev–Trinajstić information content (AvgIpc) is 2.57. The summed E-state index contributed by atoms with van der Waals surface area (Å²) in [6.07, 6.45) is 14.7. The van der Waals surface area contributed by atoms with Gasteiger partial charge in [-0.3, -0.25) is 4.98 Å². The quantitative estimate of drug-likeness (QED) is 0.873. The molecule has 2 aliphatic rings. The molecule has 0 aliphatic heterocycles. The summed E-state index contributed by atoms with van der Waals surface area (Å²) in [5.41, 5.74) is 0.982. The summed E-state index contributed by atoms with van der Waals surface area (Å²) >= 11 is 0. The summed E-state index contributed by atoms with van der Waals surface area (Å²) in [6, 6.07) is 4.27. The van der Waals surface area contributed by atoms with Crippen LogP contribution in [-0.2, 0) is 0 Å². The Morgan fingerprint density at radius 3 is 2.59 bits per heavy atom. The Hall–Kier alpha value is -0.930. The molecule has 2 fully saturated rings. The third-order valence-corrected chi connectivity index (χ3v) is 5.67. The van der Waals surface area contributed by atoms with Crippen molar-refractivity contribution in [1.29, 1.82) is 0 Å². The van der Waals surface area contributed by atoms with Crippen molar-refractivity contribution in [1.82, 2.24) is 10.3 Å². The molecule has 2 N–H and O–H groups in total. The predicted octanol–water partition coefficient (Wildman–Crippen LogP) is 3.64. The van der Waals surface area contributed by atoms with Crippen molar-refractivity contribution in [3.8, 4) is 0 Å². The van der Waals surface area contributed by atoms with Gasteiger partial charge >= 0.3 is 0 Å². The predicted molar refractivity (Wildman–Crippen MR) is 89.8 cm³/mol. The van der Waals surface area contributed by atoms with Crippen molar-refractivity contribution in [2.75, 3.05) is 13.1 Å². The van der Waals surface area contributed by atoms with Gasteiger partial charge in [0.1, 0.15) is 0 Å². The lowest BCUT2D eigenvalue weighted by Gasteiger charge is -2.34. The number of aliphatic hydroxyl groups is 1. The zero-order valence-electron chi connectivity index (χ0n) is 13.6. The second kappa shape index (κ2) is 7.56. The van der Waals surface area contributed by atoms with Crippen LogP contribution >= 0.6 is 0 Å². The summed E-state index contributed by atoms with van der Waals surface area (Å²) in [5.74, 6) is 1.48. The van der Waals surface area contributed by atoms with Crippen LogP contribution in [-0.4, -0.2) is 28.8 Å². The Labute approximate surface area is 134 Å². The lowest BCUT2D eigenvalue weighted by atomic mass is 9.79. The number of hydrogen-bond acceptors (Lipinski definition) is 3. The number of rotatable bonds is 5. The highest BCUT2D eigenvalue weighted by molar-refractivity contribution is 5.15. The van der Waals surface area contributed by atoms with Gasteiger partial charge in [-0.25, -0.2) is 0 Å². The van der Waals surface area contributed by atoms with Gasteiger partial charge in [0.2, 0.25) is 0 Å². The van der Waals surface area contributed by atoms with Crippen molar-refractivity contribution in [3.05, 3.63) is 30.1 Å². The summed E-state index contributed by atoms with van der Waals surface area (Å²) in [4.78, 5) is 4.25. The van der Waals surface area contributed by atoms with Crippen LogP contribution in [0.25, 0.3) is 0 Å². The topological polar surface area (TPSA) is 45.1 Å². The van der Waals surface area contributed by atoms with Gasteiger partial charge in [-0.1, -0.05) is 25.3 Å². The Balaban J connectivity index is 1.37. The molecule has 0 radical (unpaired) electrons. The fourth-order valence-corrected chi connectivity index (χ4v) is 4.21. The molecule has 1 heterocycles. The molecule has 2 aliphatic carbocycles. The van der Waals surface area contributed by atoms with Crippen LogP contribution in [0.1, 0.15) is 69.3 Å². The van der Waals surface area contributed by atoms with E-state index in [0.29, 0.717) is 5.92 Å². The van der Waals surface area contributed by atoms with Crippen molar-refractivity contribution in [2.45, 2.75) is 69.3 Å². The van der Waals surface area contributed by atoms with Gasteiger partial charge in [0.25, 0.3) is 0 Å². The molecule has 0 saturated heterocycles. The van der Waals surface area contributed by atoms with E-state index in [2.05, 4.69) is 16.4 Å². The number of nitrogens with zero attached hydrogens (tertiary/aromatic N) is 1. The first kappa shape index (κ1) is 15.9. The fourth-order valence-electron chi connectivity index (χ4n) is 4.21. The van der Waals surface area contributed by atoms with Crippen LogP contribution in [0.4, 0.5) is 0 Å². The minimum absolute atomic E-state index is 0.425. The van der Waals surface area contributed by atoms with Crippen molar-refractivity contribution in [2.24, 2.45) is 5.92 Å². The summed E-state index contributed by atoms with van der Waals surface area (Å²) in [6.45, 7) is 1.86. The van der Waals surface area contributed by atoms with Crippen LogP contribution in [0.5, 0.6) is 0 Å². The standard InChI is InChI=1S/C19H30N2O/c22-19(10-2-1-3-11-19)15-21-13-16-6-8-17(9-7-16)18-5-4-12-20-14-18/h4-5,12,14,16-17,21-22H,1-3,6-11,13,15H2. The first-order chi connectivity index (χ1) is 10.8. The van der Waals surface area contributed by atoms with Crippen LogP contribution in [0.3, 0.4) is 0 Å². The average molecular weight is 302 g/mol. The Morgan fingerprint density at radius 2 is 1.91 bits per heavy atom. The van der Waals surface area contributed by atoms with Crippen LogP contribution in [0.15, 0.2) is 24.5 Å². The van der Waals surface area contributed by atoms with Crippen molar-refractivity contribution >= 4 is 0 Å². The lowest BCUT2D eigenvalue weighted by molar-refractivity contribution is 0.00399. The number of pyridine rings is 1. The van der Waals surface area contributed by atoms with E-state index in [4.69, 9.17) is 0 Å². The fraction of sp³-hybridized carbons (Fsp3) is 0.737. The van der Waals surface area contributed by atoms with E-state index in [1.165, 1.54) is 50.5 Å². The van der Waals surface area contributed by atoms with Gasteiger partial charge in [0.05, 0.1) is 5.60 Å². The zero-order valence-corrected chi connectivity index (χ0v) is 13.6. The van der Waals surface area contributed by atoms with Crippen LogP contribution in [0, 0.1) is 5.92 Å². The molecule has 3 nitrogen and oxygen atoms in total. The first-order valence-electron chi connectivity index (χ1n) is 9.08. The molecule has 0 spiro atoms. The third-order valence-electron chi connectivity index (χ3n) is 5.67. The Morgan fingerprint density at radius 1 is 1.14 bits per heavy atom. The smallest absolute Gasteiger partial charge is 0.0771 e. The normalized spacial score (nSPS) is 28.4. The van der Waals surface area contributed by atoms with Crippen LogP contribution < -0.4 is 5.32 Å². The number of aromatic nitrogens is 1. The molecule has 122 valence electrons. The highest BCUT2D eigenvalue weighted by Gasteiger charge is 2.29. The minimum atomic E-state index is -0.425. The van der Waals surface area contributed by atoms with Gasteiger partial charge in [-0.15, -0.1) is 0 Å². The molecule has 0 bridgehead atoms. The molecule has 0 unspecified atom stereocenters. The van der Waals surface area contributed by atoms with E-state index in [9.17, 15) is 5.11 Å². The van der Waals surface area contributed by atoms with Crippen LogP contribution in [0.2, 0.25) is 0 Å². The molecule has 0 aromatic carbocycles. The monoisotopic (exact) mass is 302 g/mol. The SMILES string of the molecule is OC1(CNCC2CCC(c3cccnc3)CC2)CCCCC1. The molecule has 0 atom stereocenters. The largest absolute Gasteiger partial charge is 0.389 e. The molecule has 3 heteroatoms. The molecule has 0 amide bonds. The van der Waals surface area contributed by atoms with E-state index >= 15 is 0 Å². The summed E-state index contributed by atoms with van der Waals surface area (Å²) in [7, 11) is 0. The molecule has 2 saturated carbocycles. The molecule has 1 aromatic rings. The number of hydrogen-bond donors (Lipinski definition) is 2. The van der Waals surface area contributed by atoms with Gasteiger partial charge in [-0.2, -0.15) is 0 Å². The highest BCUT2D eigenvalue weighted by atomic mass is 16.3. The maximum Gasteiger partial charge on any atom is 0.0771 e. The van der Waals surface area contributed by atoms with Crippen molar-refractivity contribution in [3.63, 3.8) is 0 Å². The Kier molecular flexibility index (Phi) is 5.48. The van der Waals surface area contributed by atoms with Gasteiger partial charge < -0.3 is 10.4 Å². The number of nitrogens with one attached hydrogen (secondary N) is 1. The second-order valence-electron chi connectivity index (χ2n) is 7.42. The van der Waals surface area contributed by atoms with E-state index in [1.54, 1.807) is 0 Å². The van der Waals surface area contributed by atoms with E-state index in [-0.39, 0.29) is 0 Å². The molecular formula is C19H30N2O. The van der Waals surface area contributed by atoms with Gasteiger partial charge in [0.15, 0.2) is 0 Å². The molecular weight excluding hydrogens is 272 g/mol. The maximum atomic E-state index is 10.5. The highest BCUT2D eigenvalue weighted by Crippen LogP contribution is 2.35. The third kappa shape index (κ3) is 4.30. The summed E-state index contributed by atoms with van der Waals surface area (Å²) in [5, 5.41) is 14.1. The first-order valence-corrected chi connectivity index (χ1v) is 9.08. The maximum absolute atomic E-state index is 10.5. The van der Waals surface area contributed by atoms with E-state index < -0.39 is 5.60 Å². The van der Waals surface area contributed by atoms with E-state index in [0.717, 1.165) is 31.8 Å². The molecule has 1 aromatic heterocycles.